The molecule has 0 heterocycles. The summed E-state index contributed by atoms with van der Waals surface area (Å²) in [5, 5.41) is 11.9. The summed E-state index contributed by atoms with van der Waals surface area (Å²) >= 11 is 0. The first kappa shape index (κ1) is 28.0. The van der Waals surface area contributed by atoms with Crippen molar-refractivity contribution < 1.29 is 14.3 Å². The second-order valence-corrected chi connectivity index (χ2v) is 7.73. The van der Waals surface area contributed by atoms with Crippen LogP contribution in [0.5, 0.6) is 0 Å². The molecule has 0 aromatic rings. The number of rotatable bonds is 9. The van der Waals surface area contributed by atoms with E-state index in [4.69, 9.17) is 4.74 Å². The van der Waals surface area contributed by atoms with Crippen molar-refractivity contribution in [2.75, 3.05) is 26.2 Å². The molecule has 0 aliphatic rings. The van der Waals surface area contributed by atoms with Crippen molar-refractivity contribution in [2.24, 2.45) is 4.99 Å². The van der Waals surface area contributed by atoms with Gasteiger partial charge < -0.3 is 26.0 Å². The molecule has 2 amide bonds. The monoisotopic (exact) mass is 499 g/mol. The number of guanidine groups is 1. The third-order valence-electron chi connectivity index (χ3n) is 3.03. The first-order chi connectivity index (χ1) is 12.0. The van der Waals surface area contributed by atoms with Gasteiger partial charge in [0.15, 0.2) is 5.96 Å². The second kappa shape index (κ2) is 13.8. The molecule has 0 aromatic heterocycles. The summed E-state index contributed by atoms with van der Waals surface area (Å²) in [6.45, 7) is 15.4. The maximum atomic E-state index is 11.9. The fourth-order valence-electron chi connectivity index (χ4n) is 1.89. The highest BCUT2D eigenvalue weighted by molar-refractivity contribution is 14.0. The summed E-state index contributed by atoms with van der Waals surface area (Å²) in [6, 6.07) is 0. The predicted molar refractivity (Wildman–Crippen MR) is 121 cm³/mol. The molecule has 27 heavy (non-hydrogen) atoms. The van der Waals surface area contributed by atoms with Crippen molar-refractivity contribution in [3.8, 4) is 0 Å². The maximum absolute atomic E-state index is 11.9. The average Bonchev–Trinajstić information content (AvgIpc) is 2.48. The molecule has 0 saturated heterocycles. The molecule has 0 atom stereocenters. The van der Waals surface area contributed by atoms with Gasteiger partial charge in [0.05, 0.1) is 12.1 Å². The van der Waals surface area contributed by atoms with Gasteiger partial charge in [-0.2, -0.15) is 0 Å². The molecule has 8 nitrogen and oxygen atoms in total. The SMILES string of the molecule is CCCNC(=O)CCNC(=NCC(C)(C)NC(=O)OC(C)(C)C)NCC.I. The third-order valence-corrected chi connectivity index (χ3v) is 3.03. The van der Waals surface area contributed by atoms with Gasteiger partial charge >= 0.3 is 6.09 Å². The van der Waals surface area contributed by atoms with Crippen LogP contribution in [0.25, 0.3) is 0 Å². The number of carbonyl (C=O) groups excluding carboxylic acids is 2. The summed E-state index contributed by atoms with van der Waals surface area (Å²) in [5.41, 5.74) is -1.11. The molecule has 9 heteroatoms. The number of hydrogen-bond acceptors (Lipinski definition) is 4. The van der Waals surface area contributed by atoms with Crippen molar-refractivity contribution in [2.45, 2.75) is 72.4 Å². The molecule has 4 N–H and O–H groups in total. The van der Waals surface area contributed by atoms with Gasteiger partial charge in [0, 0.05) is 26.1 Å². The molecule has 0 rings (SSSR count). The standard InChI is InChI=1S/C18H37N5O3.HI/c1-8-11-20-14(24)10-12-21-15(19-9-2)22-13-18(6,7)23-16(25)26-17(3,4)5;/h8-13H2,1-7H3,(H,20,24)(H,23,25)(H2,19,21,22);1H. The zero-order valence-corrected chi connectivity index (χ0v) is 20.2. The van der Waals surface area contributed by atoms with Crippen LogP contribution in [0.3, 0.4) is 0 Å². The maximum Gasteiger partial charge on any atom is 0.408 e. The number of halogens is 1. The molecule has 0 aliphatic carbocycles. The molecule has 0 radical (unpaired) electrons. The van der Waals surface area contributed by atoms with E-state index in [0.29, 0.717) is 38.6 Å². The van der Waals surface area contributed by atoms with Crippen LogP contribution in [0.2, 0.25) is 0 Å². The lowest BCUT2D eigenvalue weighted by molar-refractivity contribution is -0.120. The molecule has 0 saturated carbocycles. The number of nitrogens with one attached hydrogen (secondary N) is 4. The van der Waals surface area contributed by atoms with Crippen LogP contribution in [0.15, 0.2) is 4.99 Å². The van der Waals surface area contributed by atoms with Crippen LogP contribution in [0.1, 0.15) is 61.3 Å². The summed E-state index contributed by atoms with van der Waals surface area (Å²) in [7, 11) is 0. The second-order valence-electron chi connectivity index (χ2n) is 7.73. The van der Waals surface area contributed by atoms with E-state index in [1.165, 1.54) is 0 Å². The Hall–Kier alpha value is -1.26. The summed E-state index contributed by atoms with van der Waals surface area (Å²) < 4.78 is 5.28. The molecule has 0 aliphatic heterocycles. The Bertz CT molecular complexity index is 476. The van der Waals surface area contributed by atoms with Crippen molar-refractivity contribution in [1.29, 1.82) is 0 Å². The highest BCUT2D eigenvalue weighted by Crippen LogP contribution is 2.09. The van der Waals surface area contributed by atoms with Gasteiger partial charge in [-0.25, -0.2) is 4.79 Å². The van der Waals surface area contributed by atoms with Gasteiger partial charge in [0.1, 0.15) is 5.60 Å². The Balaban J connectivity index is 0. The largest absolute Gasteiger partial charge is 0.444 e. The smallest absolute Gasteiger partial charge is 0.408 e. The number of ether oxygens (including phenoxy) is 1. The minimum atomic E-state index is -0.566. The molecule has 0 unspecified atom stereocenters. The van der Waals surface area contributed by atoms with Crippen molar-refractivity contribution in [3.05, 3.63) is 0 Å². The highest BCUT2D eigenvalue weighted by Gasteiger charge is 2.24. The zero-order valence-electron chi connectivity index (χ0n) is 17.8. The van der Waals surface area contributed by atoms with E-state index >= 15 is 0 Å². The van der Waals surface area contributed by atoms with Crippen LogP contribution < -0.4 is 21.3 Å². The van der Waals surface area contributed by atoms with Gasteiger partial charge in [0.2, 0.25) is 5.91 Å². The fourth-order valence-corrected chi connectivity index (χ4v) is 1.89. The Kier molecular flexibility index (Phi) is 14.3. The molecule has 0 bridgehead atoms. The quantitative estimate of drug-likeness (QED) is 0.222. The van der Waals surface area contributed by atoms with E-state index in [9.17, 15) is 9.59 Å². The number of hydrogen-bond donors (Lipinski definition) is 4. The Morgan fingerprint density at radius 1 is 0.963 bits per heavy atom. The van der Waals surface area contributed by atoms with Gasteiger partial charge in [-0.15, -0.1) is 24.0 Å². The predicted octanol–water partition coefficient (Wildman–Crippen LogP) is 2.38. The first-order valence-corrected chi connectivity index (χ1v) is 9.29. The fraction of sp³-hybridized carbons (Fsp3) is 0.833. The van der Waals surface area contributed by atoms with Gasteiger partial charge in [-0.05, 0) is 48.0 Å². The number of alkyl carbamates (subject to hydrolysis) is 1. The van der Waals surface area contributed by atoms with E-state index in [1.54, 1.807) is 0 Å². The lowest BCUT2D eigenvalue weighted by atomic mass is 10.1. The minimum Gasteiger partial charge on any atom is -0.444 e. The lowest BCUT2D eigenvalue weighted by Gasteiger charge is -2.27. The molecule has 0 spiro atoms. The Morgan fingerprint density at radius 3 is 2.11 bits per heavy atom. The van der Waals surface area contributed by atoms with Crippen LogP contribution in [0.4, 0.5) is 4.79 Å². The van der Waals surface area contributed by atoms with Gasteiger partial charge in [0.25, 0.3) is 0 Å². The summed E-state index contributed by atoms with van der Waals surface area (Å²) in [5.74, 6) is 0.622. The van der Waals surface area contributed by atoms with Gasteiger partial charge in [-0.1, -0.05) is 6.92 Å². The molecule has 0 fully saturated rings. The number of aliphatic imine (C=N–C) groups is 1. The van der Waals surface area contributed by atoms with Crippen molar-refractivity contribution in [1.82, 2.24) is 21.3 Å². The minimum absolute atomic E-state index is 0. The van der Waals surface area contributed by atoms with E-state index in [-0.39, 0.29) is 29.9 Å². The van der Waals surface area contributed by atoms with Crippen molar-refractivity contribution >= 4 is 41.9 Å². The van der Waals surface area contributed by atoms with Crippen LogP contribution in [-0.4, -0.2) is 55.3 Å². The van der Waals surface area contributed by atoms with Gasteiger partial charge in [-0.3, -0.25) is 9.79 Å². The van der Waals surface area contributed by atoms with Crippen LogP contribution in [0, 0.1) is 0 Å². The molecular weight excluding hydrogens is 461 g/mol. The zero-order chi connectivity index (χ0) is 20.2. The van der Waals surface area contributed by atoms with Crippen LogP contribution >= 0.6 is 24.0 Å². The van der Waals surface area contributed by atoms with Crippen LogP contribution in [-0.2, 0) is 9.53 Å². The van der Waals surface area contributed by atoms with E-state index in [0.717, 1.165) is 6.42 Å². The Morgan fingerprint density at radius 2 is 1.59 bits per heavy atom. The molecule has 160 valence electrons. The van der Waals surface area contributed by atoms with Crippen molar-refractivity contribution in [3.63, 3.8) is 0 Å². The topological polar surface area (TPSA) is 104 Å². The highest BCUT2D eigenvalue weighted by atomic mass is 127. The van der Waals surface area contributed by atoms with E-state index < -0.39 is 17.2 Å². The number of carbonyl (C=O) groups is 2. The first-order valence-electron chi connectivity index (χ1n) is 9.29. The van der Waals surface area contributed by atoms with E-state index in [2.05, 4.69) is 26.3 Å². The third kappa shape index (κ3) is 16.6. The van der Waals surface area contributed by atoms with E-state index in [1.807, 2.05) is 48.5 Å². The Labute approximate surface area is 181 Å². The molecular formula is C18H38IN5O3. The summed E-state index contributed by atoms with van der Waals surface area (Å²) in [6.07, 6.45) is 0.829. The normalized spacial score (nSPS) is 11.9. The number of nitrogens with zero attached hydrogens (tertiary/aromatic N) is 1. The summed E-state index contributed by atoms with van der Waals surface area (Å²) in [4.78, 5) is 28.0. The average molecular weight is 499 g/mol. The molecule has 0 aromatic carbocycles. The number of amides is 2. The lowest BCUT2D eigenvalue weighted by Crippen LogP contribution is -2.49.